The Balaban J connectivity index is 2.10. The zero-order valence-corrected chi connectivity index (χ0v) is 11.9. The molecular weight excluding hydrogens is 295 g/mol. The molecule has 1 aromatic rings. The molecule has 1 aliphatic heterocycles. The number of nitrogens with zero attached hydrogens (tertiary/aromatic N) is 1. The van der Waals surface area contributed by atoms with Crippen molar-refractivity contribution in [3.63, 3.8) is 0 Å². The van der Waals surface area contributed by atoms with Crippen LogP contribution in [0.5, 0.6) is 0 Å². The second kappa shape index (κ2) is 5.55. The summed E-state index contributed by atoms with van der Waals surface area (Å²) in [6.07, 6.45) is 2.40. The van der Waals surface area contributed by atoms with Crippen LogP contribution in [0.15, 0.2) is 24.3 Å². The van der Waals surface area contributed by atoms with E-state index in [0.29, 0.717) is 5.69 Å². The minimum absolute atomic E-state index is 0.635. The van der Waals surface area contributed by atoms with Crippen molar-refractivity contribution < 1.29 is 4.79 Å². The number of halogens is 3. The van der Waals surface area contributed by atoms with Crippen LogP contribution in [-0.2, 0) is 4.79 Å². The lowest BCUT2D eigenvalue weighted by atomic mass is 10.2. The summed E-state index contributed by atoms with van der Waals surface area (Å²) in [5.41, 5.74) is 1.71. The lowest BCUT2D eigenvalue weighted by Crippen LogP contribution is -2.27. The molecule has 98 valence electrons. The lowest BCUT2D eigenvalue weighted by molar-refractivity contribution is -0.115. The molecule has 18 heavy (non-hydrogen) atoms. The van der Waals surface area contributed by atoms with E-state index in [-0.39, 0.29) is 0 Å². The largest absolute Gasteiger partial charge is 0.371 e. The van der Waals surface area contributed by atoms with Crippen LogP contribution < -0.4 is 10.2 Å². The van der Waals surface area contributed by atoms with Crippen molar-refractivity contribution >= 4 is 52.1 Å². The third-order valence-corrected chi connectivity index (χ3v) is 3.35. The van der Waals surface area contributed by atoms with Crippen LogP contribution in [0.4, 0.5) is 11.4 Å². The van der Waals surface area contributed by atoms with E-state index in [1.54, 1.807) is 6.07 Å². The maximum absolute atomic E-state index is 11.5. The molecule has 0 atom stereocenters. The highest BCUT2D eigenvalue weighted by molar-refractivity contribution is 6.76. The molecule has 0 aromatic heterocycles. The van der Waals surface area contributed by atoms with Gasteiger partial charge in [-0.05, 0) is 31.0 Å². The van der Waals surface area contributed by atoms with Gasteiger partial charge in [-0.2, -0.15) is 0 Å². The van der Waals surface area contributed by atoms with Gasteiger partial charge in [0.05, 0.1) is 0 Å². The summed E-state index contributed by atoms with van der Waals surface area (Å²) < 4.78 is -1.94. The number of rotatable bonds is 2. The Morgan fingerprint density at radius 3 is 2.50 bits per heavy atom. The van der Waals surface area contributed by atoms with Crippen molar-refractivity contribution in [3.8, 4) is 0 Å². The molecule has 1 aliphatic rings. The van der Waals surface area contributed by atoms with Crippen LogP contribution in [0.25, 0.3) is 0 Å². The molecule has 0 radical (unpaired) electrons. The fourth-order valence-electron chi connectivity index (χ4n) is 1.96. The zero-order valence-electron chi connectivity index (χ0n) is 9.63. The normalized spacial score (nSPS) is 15.8. The molecule has 0 spiro atoms. The smallest absolute Gasteiger partial charge is 0.276 e. The van der Waals surface area contributed by atoms with Crippen LogP contribution in [0, 0.1) is 0 Å². The van der Waals surface area contributed by atoms with E-state index in [0.717, 1.165) is 18.8 Å². The summed E-state index contributed by atoms with van der Waals surface area (Å²) >= 11 is 16.5. The highest BCUT2D eigenvalue weighted by Crippen LogP contribution is 2.29. The van der Waals surface area contributed by atoms with Gasteiger partial charge < -0.3 is 10.2 Å². The van der Waals surface area contributed by atoms with Crippen LogP contribution in [0.1, 0.15) is 12.8 Å². The Bertz CT molecular complexity index is 439. The molecule has 0 saturated carbocycles. The standard InChI is InChI=1S/C12H13Cl3N2O/c13-12(14,15)11(18)16-9-4-3-5-10(8-9)17-6-1-2-7-17/h3-5,8H,1-2,6-7H2,(H,16,18). The molecule has 1 aromatic carbocycles. The predicted molar refractivity (Wildman–Crippen MR) is 76.8 cm³/mol. The SMILES string of the molecule is O=C(Nc1cccc(N2CCCC2)c1)C(Cl)(Cl)Cl. The van der Waals surface area contributed by atoms with E-state index < -0.39 is 9.70 Å². The van der Waals surface area contributed by atoms with Gasteiger partial charge in [0.25, 0.3) is 9.70 Å². The third kappa shape index (κ3) is 3.44. The van der Waals surface area contributed by atoms with Crippen molar-refractivity contribution in [3.05, 3.63) is 24.3 Å². The molecule has 0 unspecified atom stereocenters. The van der Waals surface area contributed by atoms with Crippen LogP contribution in [0.3, 0.4) is 0 Å². The number of carbonyl (C=O) groups excluding carboxylic acids is 1. The summed E-state index contributed by atoms with van der Waals surface area (Å²) in [5.74, 6) is -0.647. The van der Waals surface area contributed by atoms with E-state index in [9.17, 15) is 4.79 Å². The third-order valence-electron chi connectivity index (χ3n) is 2.83. The topological polar surface area (TPSA) is 32.3 Å². The van der Waals surface area contributed by atoms with Gasteiger partial charge in [-0.15, -0.1) is 0 Å². The first-order valence-electron chi connectivity index (χ1n) is 5.70. The maximum Gasteiger partial charge on any atom is 0.276 e. The number of alkyl halides is 3. The number of hydrogen-bond donors (Lipinski definition) is 1. The van der Waals surface area contributed by atoms with Crippen LogP contribution >= 0.6 is 34.8 Å². The zero-order chi connectivity index (χ0) is 13.2. The summed E-state index contributed by atoms with van der Waals surface area (Å²) in [7, 11) is 0. The number of carbonyl (C=O) groups is 1. The lowest BCUT2D eigenvalue weighted by Gasteiger charge is -2.19. The van der Waals surface area contributed by atoms with E-state index in [1.807, 2.05) is 18.2 Å². The molecule has 3 nitrogen and oxygen atoms in total. The van der Waals surface area contributed by atoms with Gasteiger partial charge in [0, 0.05) is 24.5 Å². The molecule has 1 amide bonds. The number of nitrogens with one attached hydrogen (secondary N) is 1. The molecule has 1 fully saturated rings. The highest BCUT2D eigenvalue weighted by atomic mass is 35.6. The molecule has 2 rings (SSSR count). The fraction of sp³-hybridized carbons (Fsp3) is 0.417. The Hall–Kier alpha value is -0.640. The first kappa shape index (κ1) is 13.8. The average molecular weight is 308 g/mol. The molecular formula is C12H13Cl3N2O. The molecule has 1 saturated heterocycles. The minimum atomic E-state index is -1.94. The number of hydrogen-bond acceptors (Lipinski definition) is 2. The Labute approximate surface area is 121 Å². The second-order valence-corrected chi connectivity index (χ2v) is 6.48. The number of anilines is 2. The van der Waals surface area contributed by atoms with Gasteiger partial charge >= 0.3 is 0 Å². The second-order valence-electron chi connectivity index (χ2n) is 4.20. The van der Waals surface area contributed by atoms with E-state index in [1.165, 1.54) is 12.8 Å². The summed E-state index contributed by atoms with van der Waals surface area (Å²) in [6.45, 7) is 2.09. The first-order chi connectivity index (χ1) is 8.47. The summed E-state index contributed by atoms with van der Waals surface area (Å²) in [4.78, 5) is 13.8. The van der Waals surface area contributed by atoms with E-state index in [4.69, 9.17) is 34.8 Å². The monoisotopic (exact) mass is 306 g/mol. The minimum Gasteiger partial charge on any atom is -0.371 e. The van der Waals surface area contributed by atoms with Gasteiger partial charge in [-0.3, -0.25) is 4.79 Å². The fourth-order valence-corrected chi connectivity index (χ4v) is 2.10. The van der Waals surface area contributed by atoms with Crippen molar-refractivity contribution in [2.24, 2.45) is 0 Å². The van der Waals surface area contributed by atoms with Crippen LogP contribution in [-0.4, -0.2) is 22.8 Å². The van der Waals surface area contributed by atoms with E-state index >= 15 is 0 Å². The maximum atomic E-state index is 11.5. The number of benzene rings is 1. The van der Waals surface area contributed by atoms with Gasteiger partial charge in [-0.25, -0.2) is 0 Å². The Morgan fingerprint density at radius 1 is 1.22 bits per heavy atom. The Kier molecular flexibility index (Phi) is 4.25. The molecule has 1 N–H and O–H groups in total. The molecule has 6 heteroatoms. The quantitative estimate of drug-likeness (QED) is 0.847. The predicted octanol–water partition coefficient (Wildman–Crippen LogP) is 3.60. The van der Waals surface area contributed by atoms with Gasteiger partial charge in [0.1, 0.15) is 0 Å². The summed E-state index contributed by atoms with van der Waals surface area (Å²) in [5, 5.41) is 2.58. The average Bonchev–Trinajstić information content (AvgIpc) is 2.81. The summed E-state index contributed by atoms with van der Waals surface area (Å²) in [6, 6.07) is 7.55. The van der Waals surface area contributed by atoms with Crippen molar-refractivity contribution in [1.82, 2.24) is 0 Å². The van der Waals surface area contributed by atoms with Crippen molar-refractivity contribution in [1.29, 1.82) is 0 Å². The van der Waals surface area contributed by atoms with Crippen molar-refractivity contribution in [2.45, 2.75) is 16.6 Å². The number of amides is 1. The Morgan fingerprint density at radius 2 is 1.89 bits per heavy atom. The molecule has 0 aliphatic carbocycles. The van der Waals surface area contributed by atoms with Gasteiger partial charge in [0.15, 0.2) is 0 Å². The van der Waals surface area contributed by atoms with Gasteiger partial charge in [-0.1, -0.05) is 40.9 Å². The first-order valence-corrected chi connectivity index (χ1v) is 6.83. The van der Waals surface area contributed by atoms with E-state index in [2.05, 4.69) is 10.2 Å². The van der Waals surface area contributed by atoms with Gasteiger partial charge in [0.2, 0.25) is 0 Å². The molecule has 1 heterocycles. The molecule has 0 bridgehead atoms. The highest BCUT2D eigenvalue weighted by Gasteiger charge is 2.30. The van der Waals surface area contributed by atoms with Crippen LogP contribution in [0.2, 0.25) is 0 Å². The van der Waals surface area contributed by atoms with Crippen molar-refractivity contribution in [2.75, 3.05) is 23.3 Å².